The lowest BCUT2D eigenvalue weighted by molar-refractivity contribution is 0.326. The fourth-order valence-electron chi connectivity index (χ4n) is 1.82. The van der Waals surface area contributed by atoms with Crippen molar-refractivity contribution in [3.63, 3.8) is 0 Å². The number of benzene rings is 1. The largest absolute Gasteiger partial charge is 0.478 e. The van der Waals surface area contributed by atoms with Crippen LogP contribution in [0.4, 0.5) is 11.6 Å². The Balaban J connectivity index is 2.12. The Morgan fingerprint density at radius 1 is 1.32 bits per heavy atom. The molecule has 0 aliphatic carbocycles. The highest BCUT2D eigenvalue weighted by molar-refractivity contribution is 5.50. The van der Waals surface area contributed by atoms with Crippen molar-refractivity contribution in [3.8, 4) is 5.88 Å². The van der Waals surface area contributed by atoms with Gasteiger partial charge in [0.1, 0.15) is 0 Å². The zero-order valence-corrected chi connectivity index (χ0v) is 11.1. The van der Waals surface area contributed by atoms with Gasteiger partial charge >= 0.3 is 0 Å². The minimum atomic E-state index is 0.0260. The van der Waals surface area contributed by atoms with Crippen LogP contribution in [0.2, 0.25) is 0 Å². The Morgan fingerprint density at radius 2 is 2.11 bits per heavy atom. The maximum absolute atomic E-state index is 5.95. The van der Waals surface area contributed by atoms with Crippen LogP contribution in [0.5, 0.6) is 5.88 Å². The van der Waals surface area contributed by atoms with Crippen molar-refractivity contribution in [3.05, 3.63) is 42.1 Å². The minimum Gasteiger partial charge on any atom is -0.478 e. The summed E-state index contributed by atoms with van der Waals surface area (Å²) in [4.78, 5) is 8.45. The van der Waals surface area contributed by atoms with Crippen molar-refractivity contribution in [1.29, 1.82) is 0 Å². The van der Waals surface area contributed by atoms with E-state index in [9.17, 15) is 0 Å². The quantitative estimate of drug-likeness (QED) is 0.806. The van der Waals surface area contributed by atoms with Crippen LogP contribution < -0.4 is 15.8 Å². The molecule has 5 heteroatoms. The van der Waals surface area contributed by atoms with Crippen LogP contribution >= 0.6 is 0 Å². The van der Waals surface area contributed by atoms with Gasteiger partial charge in [0.25, 0.3) is 0 Å². The van der Waals surface area contributed by atoms with Crippen LogP contribution in [-0.4, -0.2) is 16.6 Å². The summed E-state index contributed by atoms with van der Waals surface area (Å²) in [7, 11) is 0. The molecule has 0 saturated heterocycles. The van der Waals surface area contributed by atoms with Crippen LogP contribution in [0.15, 0.2) is 36.5 Å². The highest BCUT2D eigenvalue weighted by Crippen LogP contribution is 2.22. The normalized spacial score (nSPS) is 11.9. The molecule has 0 saturated carbocycles. The molecule has 1 atom stereocenters. The van der Waals surface area contributed by atoms with Gasteiger partial charge in [0.05, 0.1) is 12.6 Å². The molecule has 0 spiro atoms. The fraction of sp³-hybridized carbons (Fsp3) is 0.286. The minimum absolute atomic E-state index is 0.0260. The maximum Gasteiger partial charge on any atom is 0.226 e. The Bertz CT molecular complexity index is 544. The molecule has 5 nitrogen and oxygen atoms in total. The monoisotopic (exact) mass is 258 g/mol. The number of nitrogens with one attached hydrogen (secondary N) is 1. The number of rotatable bonds is 5. The average Bonchev–Trinajstić information content (AvgIpc) is 2.40. The molecule has 1 heterocycles. The first kappa shape index (κ1) is 13.1. The van der Waals surface area contributed by atoms with E-state index in [-0.39, 0.29) is 6.04 Å². The Hall–Kier alpha value is -2.30. The number of anilines is 2. The van der Waals surface area contributed by atoms with Crippen molar-refractivity contribution >= 4 is 11.6 Å². The van der Waals surface area contributed by atoms with E-state index < -0.39 is 0 Å². The van der Waals surface area contributed by atoms with Gasteiger partial charge in [-0.25, -0.2) is 4.98 Å². The van der Waals surface area contributed by atoms with Gasteiger partial charge in [-0.05, 0) is 25.5 Å². The molecule has 1 aromatic carbocycles. The summed E-state index contributed by atoms with van der Waals surface area (Å²) in [6.07, 6.45) is 1.67. The molecule has 0 fully saturated rings. The number of nitrogens with zero attached hydrogens (tertiary/aromatic N) is 2. The summed E-state index contributed by atoms with van der Waals surface area (Å²) in [6, 6.07) is 9.50. The summed E-state index contributed by atoms with van der Waals surface area (Å²) >= 11 is 0. The average molecular weight is 258 g/mol. The van der Waals surface area contributed by atoms with Gasteiger partial charge < -0.3 is 15.8 Å². The Morgan fingerprint density at radius 3 is 2.84 bits per heavy atom. The molecule has 0 amide bonds. The molecule has 0 radical (unpaired) electrons. The molecular weight excluding hydrogens is 240 g/mol. The Labute approximate surface area is 112 Å². The first-order valence-corrected chi connectivity index (χ1v) is 6.27. The summed E-state index contributed by atoms with van der Waals surface area (Å²) < 4.78 is 5.34. The Kier molecular flexibility index (Phi) is 4.18. The number of ether oxygens (including phenoxy) is 1. The lowest BCUT2D eigenvalue weighted by Gasteiger charge is -2.16. The van der Waals surface area contributed by atoms with Crippen LogP contribution in [0.1, 0.15) is 25.5 Å². The van der Waals surface area contributed by atoms with Crippen molar-refractivity contribution in [2.24, 2.45) is 0 Å². The summed E-state index contributed by atoms with van der Waals surface area (Å²) in [6.45, 7) is 4.52. The first-order valence-electron chi connectivity index (χ1n) is 6.27. The highest BCUT2D eigenvalue weighted by Gasteiger charge is 2.10. The zero-order chi connectivity index (χ0) is 13.7. The fourth-order valence-corrected chi connectivity index (χ4v) is 1.82. The molecule has 2 aromatic rings. The number of para-hydroxylation sites is 1. The molecule has 0 bridgehead atoms. The standard InChI is InChI=1S/C14H18N4O/c1-3-19-13-8-9-16-14(18-13)17-10(2)11-6-4-5-7-12(11)15/h4-10H,3,15H2,1-2H3,(H,16,17,18). The third-order valence-corrected chi connectivity index (χ3v) is 2.73. The van der Waals surface area contributed by atoms with Crippen LogP contribution in [-0.2, 0) is 0 Å². The maximum atomic E-state index is 5.95. The first-order chi connectivity index (χ1) is 9.20. The van der Waals surface area contributed by atoms with Crippen molar-refractivity contribution in [2.75, 3.05) is 17.7 Å². The lowest BCUT2D eigenvalue weighted by atomic mass is 10.1. The smallest absolute Gasteiger partial charge is 0.226 e. The van der Waals surface area contributed by atoms with Gasteiger partial charge in [-0.2, -0.15) is 4.98 Å². The van der Waals surface area contributed by atoms with Gasteiger partial charge in [-0.3, -0.25) is 0 Å². The summed E-state index contributed by atoms with van der Waals surface area (Å²) in [5.74, 6) is 1.09. The van der Waals surface area contributed by atoms with E-state index in [1.54, 1.807) is 12.3 Å². The molecule has 100 valence electrons. The second-order valence-corrected chi connectivity index (χ2v) is 4.15. The van der Waals surface area contributed by atoms with E-state index in [1.807, 2.05) is 38.1 Å². The van der Waals surface area contributed by atoms with E-state index >= 15 is 0 Å². The molecule has 0 aliphatic heterocycles. The van der Waals surface area contributed by atoms with E-state index in [4.69, 9.17) is 10.5 Å². The topological polar surface area (TPSA) is 73.1 Å². The van der Waals surface area contributed by atoms with Gasteiger partial charge in [0.15, 0.2) is 0 Å². The van der Waals surface area contributed by atoms with Gasteiger partial charge in [0, 0.05) is 18.0 Å². The molecule has 1 aromatic heterocycles. The second kappa shape index (κ2) is 6.04. The molecular formula is C14H18N4O. The van der Waals surface area contributed by atoms with Crippen LogP contribution in [0.25, 0.3) is 0 Å². The summed E-state index contributed by atoms with van der Waals surface area (Å²) in [5, 5.41) is 3.22. The van der Waals surface area contributed by atoms with Crippen LogP contribution in [0.3, 0.4) is 0 Å². The predicted octanol–water partition coefficient (Wildman–Crippen LogP) is 2.63. The zero-order valence-electron chi connectivity index (χ0n) is 11.1. The van der Waals surface area contributed by atoms with E-state index in [1.165, 1.54) is 0 Å². The highest BCUT2D eigenvalue weighted by atomic mass is 16.5. The molecule has 0 aliphatic rings. The number of nitrogen functional groups attached to an aromatic ring is 1. The number of hydrogen-bond acceptors (Lipinski definition) is 5. The molecule has 19 heavy (non-hydrogen) atoms. The van der Waals surface area contributed by atoms with E-state index in [0.717, 1.165) is 11.3 Å². The van der Waals surface area contributed by atoms with Crippen molar-refractivity contribution in [2.45, 2.75) is 19.9 Å². The third-order valence-electron chi connectivity index (χ3n) is 2.73. The SMILES string of the molecule is CCOc1ccnc(NC(C)c2ccccc2N)n1. The lowest BCUT2D eigenvalue weighted by Crippen LogP contribution is -2.11. The van der Waals surface area contributed by atoms with Gasteiger partial charge in [0.2, 0.25) is 11.8 Å². The van der Waals surface area contributed by atoms with Crippen LogP contribution in [0, 0.1) is 0 Å². The van der Waals surface area contributed by atoms with Gasteiger partial charge in [-0.15, -0.1) is 0 Å². The molecule has 1 unspecified atom stereocenters. The molecule has 3 N–H and O–H groups in total. The van der Waals surface area contributed by atoms with Gasteiger partial charge in [-0.1, -0.05) is 18.2 Å². The van der Waals surface area contributed by atoms with Crippen molar-refractivity contribution in [1.82, 2.24) is 9.97 Å². The third kappa shape index (κ3) is 3.34. The molecule has 2 rings (SSSR count). The van der Waals surface area contributed by atoms with Crippen molar-refractivity contribution < 1.29 is 4.74 Å². The number of aromatic nitrogens is 2. The number of nitrogens with two attached hydrogens (primary N) is 1. The number of hydrogen-bond donors (Lipinski definition) is 2. The summed E-state index contributed by atoms with van der Waals surface area (Å²) in [5.41, 5.74) is 7.72. The van der Waals surface area contributed by atoms with E-state index in [0.29, 0.717) is 18.4 Å². The van der Waals surface area contributed by atoms with E-state index in [2.05, 4.69) is 15.3 Å². The second-order valence-electron chi connectivity index (χ2n) is 4.15. The predicted molar refractivity (Wildman–Crippen MR) is 76.1 cm³/mol.